The van der Waals surface area contributed by atoms with Crippen molar-refractivity contribution in [3.05, 3.63) is 35.4 Å². The van der Waals surface area contributed by atoms with Gasteiger partial charge in [0.05, 0.1) is 5.92 Å². The smallest absolute Gasteiger partial charge is 0.308 e. The molecule has 2 N–H and O–H groups in total. The molecular weight excluding hydrogens is 268 g/mol. The molecule has 0 bridgehead atoms. The summed E-state index contributed by atoms with van der Waals surface area (Å²) < 4.78 is 0. The maximum Gasteiger partial charge on any atom is 0.308 e. The number of carbonyl (C=O) groups is 2. The summed E-state index contributed by atoms with van der Waals surface area (Å²) in [6.07, 6.45) is 0. The van der Waals surface area contributed by atoms with Crippen LogP contribution in [0.3, 0.4) is 0 Å². The minimum Gasteiger partial charge on any atom is -0.481 e. The van der Waals surface area contributed by atoms with Crippen LogP contribution in [0, 0.1) is 11.8 Å². The van der Waals surface area contributed by atoms with Gasteiger partial charge in [-0.25, -0.2) is 0 Å². The first-order valence-corrected chi connectivity index (χ1v) is 7.06. The lowest BCUT2D eigenvalue weighted by molar-refractivity contribution is -0.142. The lowest BCUT2D eigenvalue weighted by atomic mass is 9.96. The fraction of sp³-hybridized carbons (Fsp3) is 0.500. The first-order chi connectivity index (χ1) is 9.81. The Morgan fingerprint density at radius 1 is 1.19 bits per heavy atom. The van der Waals surface area contributed by atoms with E-state index >= 15 is 0 Å². The number of carboxylic acid groups (broad SMARTS) is 1. The number of aliphatic carboxylic acids is 1. The Morgan fingerprint density at radius 2 is 1.76 bits per heavy atom. The van der Waals surface area contributed by atoms with Crippen molar-refractivity contribution in [1.82, 2.24) is 10.2 Å². The average Bonchev–Trinajstić information content (AvgIpc) is 2.38. The van der Waals surface area contributed by atoms with Crippen molar-refractivity contribution >= 4 is 11.9 Å². The van der Waals surface area contributed by atoms with Crippen molar-refractivity contribution in [3.63, 3.8) is 0 Å². The molecule has 1 unspecified atom stereocenters. The second kappa shape index (κ2) is 7.78. The number of hydrogen-bond donors (Lipinski definition) is 2. The van der Waals surface area contributed by atoms with Crippen LogP contribution in [-0.2, 0) is 11.3 Å². The predicted molar refractivity (Wildman–Crippen MR) is 82.1 cm³/mol. The molecule has 1 aromatic rings. The average molecular weight is 292 g/mol. The van der Waals surface area contributed by atoms with E-state index in [1.54, 1.807) is 12.1 Å². The molecule has 0 aliphatic carbocycles. The van der Waals surface area contributed by atoms with Gasteiger partial charge >= 0.3 is 5.97 Å². The van der Waals surface area contributed by atoms with Gasteiger partial charge < -0.3 is 15.3 Å². The third-order valence-electron chi connectivity index (χ3n) is 3.32. The number of amides is 1. The van der Waals surface area contributed by atoms with Gasteiger partial charge in [-0.3, -0.25) is 9.59 Å². The van der Waals surface area contributed by atoms with E-state index in [2.05, 4.69) is 10.2 Å². The third kappa shape index (κ3) is 5.55. The van der Waals surface area contributed by atoms with Crippen molar-refractivity contribution in [1.29, 1.82) is 0 Å². The van der Waals surface area contributed by atoms with E-state index in [0.29, 0.717) is 5.56 Å². The summed E-state index contributed by atoms with van der Waals surface area (Å²) in [6, 6.07) is 7.34. The molecular formula is C16H24N2O3. The maximum absolute atomic E-state index is 12.0. The molecule has 0 saturated carbocycles. The molecule has 1 atom stereocenters. The van der Waals surface area contributed by atoms with E-state index in [0.717, 1.165) is 12.1 Å². The molecule has 0 aromatic heterocycles. The summed E-state index contributed by atoms with van der Waals surface area (Å²) in [5.41, 5.74) is 1.67. The highest BCUT2D eigenvalue weighted by Gasteiger charge is 2.22. The van der Waals surface area contributed by atoms with Gasteiger partial charge in [0.25, 0.3) is 5.91 Å². The molecule has 21 heavy (non-hydrogen) atoms. The number of carbonyl (C=O) groups excluding carboxylic acids is 1. The summed E-state index contributed by atoms with van der Waals surface area (Å²) in [5, 5.41) is 11.8. The van der Waals surface area contributed by atoms with Gasteiger partial charge in [0.15, 0.2) is 0 Å². The molecule has 1 rings (SSSR count). The van der Waals surface area contributed by atoms with E-state index in [1.807, 2.05) is 40.1 Å². The van der Waals surface area contributed by atoms with Crippen LogP contribution in [0.4, 0.5) is 0 Å². The number of carboxylic acids is 1. The topological polar surface area (TPSA) is 69.6 Å². The Balaban J connectivity index is 2.61. The van der Waals surface area contributed by atoms with E-state index in [4.69, 9.17) is 5.11 Å². The van der Waals surface area contributed by atoms with Crippen LogP contribution in [-0.4, -0.2) is 42.5 Å². The fourth-order valence-corrected chi connectivity index (χ4v) is 2.04. The molecule has 116 valence electrons. The molecule has 0 aliphatic heterocycles. The lowest BCUT2D eigenvalue weighted by Crippen LogP contribution is -2.35. The van der Waals surface area contributed by atoms with Gasteiger partial charge in [-0.05, 0) is 37.7 Å². The second-order valence-electron chi connectivity index (χ2n) is 5.83. The zero-order valence-electron chi connectivity index (χ0n) is 13.1. The Morgan fingerprint density at radius 3 is 2.19 bits per heavy atom. The number of rotatable bonds is 7. The fourth-order valence-electron chi connectivity index (χ4n) is 2.04. The molecule has 1 amide bonds. The Hall–Kier alpha value is -1.88. The molecule has 0 fully saturated rings. The molecule has 5 heteroatoms. The SMILES string of the molecule is CC(C)C(CNC(=O)c1ccc(CN(C)C)cc1)C(=O)O. The summed E-state index contributed by atoms with van der Waals surface area (Å²) in [5.74, 6) is -1.71. The van der Waals surface area contributed by atoms with Gasteiger partial charge in [0, 0.05) is 18.7 Å². The number of benzene rings is 1. The molecule has 1 aromatic carbocycles. The Labute approximate surface area is 126 Å². The second-order valence-corrected chi connectivity index (χ2v) is 5.83. The van der Waals surface area contributed by atoms with Crippen LogP contribution in [0.15, 0.2) is 24.3 Å². The van der Waals surface area contributed by atoms with E-state index < -0.39 is 11.9 Å². The molecule has 0 spiro atoms. The van der Waals surface area contributed by atoms with E-state index in [9.17, 15) is 9.59 Å². The normalized spacial score (nSPS) is 12.5. The lowest BCUT2D eigenvalue weighted by Gasteiger charge is -2.16. The van der Waals surface area contributed by atoms with Gasteiger partial charge in [-0.2, -0.15) is 0 Å². The zero-order valence-corrected chi connectivity index (χ0v) is 13.1. The summed E-state index contributed by atoms with van der Waals surface area (Å²) in [7, 11) is 3.97. The van der Waals surface area contributed by atoms with Gasteiger partial charge in [0.2, 0.25) is 0 Å². The highest BCUT2D eigenvalue weighted by Crippen LogP contribution is 2.11. The Bertz CT molecular complexity index is 481. The van der Waals surface area contributed by atoms with Crippen molar-refractivity contribution in [2.45, 2.75) is 20.4 Å². The predicted octanol–water partition coefficient (Wildman–Crippen LogP) is 1.83. The van der Waals surface area contributed by atoms with E-state index in [1.165, 1.54) is 0 Å². The Kier molecular flexibility index (Phi) is 6.37. The first-order valence-electron chi connectivity index (χ1n) is 7.06. The van der Waals surface area contributed by atoms with Crippen molar-refractivity contribution in [2.24, 2.45) is 11.8 Å². The maximum atomic E-state index is 12.0. The van der Waals surface area contributed by atoms with Crippen molar-refractivity contribution < 1.29 is 14.7 Å². The highest BCUT2D eigenvalue weighted by atomic mass is 16.4. The largest absolute Gasteiger partial charge is 0.481 e. The van der Waals surface area contributed by atoms with Crippen molar-refractivity contribution in [2.75, 3.05) is 20.6 Å². The number of hydrogen-bond acceptors (Lipinski definition) is 3. The molecule has 5 nitrogen and oxygen atoms in total. The van der Waals surface area contributed by atoms with E-state index in [-0.39, 0.29) is 18.4 Å². The monoisotopic (exact) mass is 292 g/mol. The van der Waals surface area contributed by atoms with Crippen molar-refractivity contribution in [3.8, 4) is 0 Å². The van der Waals surface area contributed by atoms with Gasteiger partial charge in [0.1, 0.15) is 0 Å². The minimum atomic E-state index is -0.883. The van der Waals surface area contributed by atoms with Gasteiger partial charge in [-0.1, -0.05) is 26.0 Å². The third-order valence-corrected chi connectivity index (χ3v) is 3.32. The highest BCUT2D eigenvalue weighted by molar-refractivity contribution is 5.94. The van der Waals surface area contributed by atoms with Crippen LogP contribution >= 0.6 is 0 Å². The van der Waals surface area contributed by atoms with Crippen LogP contribution in [0.5, 0.6) is 0 Å². The molecule has 0 heterocycles. The summed E-state index contributed by atoms with van der Waals surface area (Å²) in [6.45, 7) is 4.63. The zero-order chi connectivity index (χ0) is 16.0. The van der Waals surface area contributed by atoms with Gasteiger partial charge in [-0.15, -0.1) is 0 Å². The summed E-state index contributed by atoms with van der Waals surface area (Å²) in [4.78, 5) is 25.1. The molecule has 0 radical (unpaired) electrons. The van der Waals surface area contributed by atoms with Crippen LogP contribution in [0.25, 0.3) is 0 Å². The van der Waals surface area contributed by atoms with Crippen LogP contribution in [0.1, 0.15) is 29.8 Å². The quantitative estimate of drug-likeness (QED) is 0.804. The first kappa shape index (κ1) is 17.2. The minimum absolute atomic E-state index is 0.0229. The van der Waals surface area contributed by atoms with Crippen LogP contribution < -0.4 is 5.32 Å². The number of nitrogens with zero attached hydrogens (tertiary/aromatic N) is 1. The van der Waals surface area contributed by atoms with Crippen LogP contribution in [0.2, 0.25) is 0 Å². The molecule has 0 aliphatic rings. The molecule has 0 saturated heterocycles. The summed E-state index contributed by atoms with van der Waals surface area (Å²) >= 11 is 0. The number of nitrogens with one attached hydrogen (secondary N) is 1. The standard InChI is InChI=1S/C16H24N2O3/c1-11(2)14(16(20)21)9-17-15(19)13-7-5-12(6-8-13)10-18(3)4/h5-8,11,14H,9-10H2,1-4H3,(H,17,19)(H,20,21).